The Morgan fingerprint density at radius 1 is 1.13 bits per heavy atom. The summed E-state index contributed by atoms with van der Waals surface area (Å²) in [6.45, 7) is -2.03. The second-order valence-corrected chi connectivity index (χ2v) is 4.48. The lowest BCUT2D eigenvalue weighted by Crippen LogP contribution is -2.26. The third-order valence-corrected chi connectivity index (χ3v) is 2.84. The molecule has 0 unspecified atom stereocenters. The van der Waals surface area contributed by atoms with Crippen molar-refractivity contribution in [3.8, 4) is 5.75 Å². The molecule has 122 valence electrons. The summed E-state index contributed by atoms with van der Waals surface area (Å²) < 4.78 is 28.9. The Kier molecular flexibility index (Phi) is 6.22. The molecule has 0 saturated carbocycles. The van der Waals surface area contributed by atoms with Gasteiger partial charge in [0.1, 0.15) is 5.75 Å². The Balaban J connectivity index is 1.77. The maximum Gasteiger partial charge on any atom is 0.387 e. The summed E-state index contributed by atoms with van der Waals surface area (Å²) >= 11 is 0. The van der Waals surface area contributed by atoms with Crippen LogP contribution in [0.15, 0.2) is 42.7 Å². The summed E-state index contributed by atoms with van der Waals surface area (Å²) in [4.78, 5) is 20.0. The van der Waals surface area contributed by atoms with Crippen molar-refractivity contribution in [1.29, 1.82) is 0 Å². The number of aromatic nitrogens is 2. The fourth-order valence-corrected chi connectivity index (χ4v) is 1.83. The van der Waals surface area contributed by atoms with Crippen molar-refractivity contribution in [3.63, 3.8) is 0 Å². The highest BCUT2D eigenvalue weighted by Crippen LogP contribution is 2.19. The smallest absolute Gasteiger partial charge is 0.387 e. The molecule has 0 aliphatic rings. The van der Waals surface area contributed by atoms with E-state index in [1.807, 2.05) is 0 Å². The molecule has 1 amide bonds. The maximum atomic E-state index is 12.3. The van der Waals surface area contributed by atoms with Crippen LogP contribution < -0.4 is 15.4 Å². The molecule has 6 nitrogen and oxygen atoms in total. The predicted octanol–water partition coefficient (Wildman–Crippen LogP) is 2.31. The lowest BCUT2D eigenvalue weighted by atomic mass is 10.2. The number of hydrogen-bond acceptors (Lipinski definition) is 5. The lowest BCUT2D eigenvalue weighted by molar-refractivity contribution is -0.0501. The maximum absolute atomic E-state index is 12.3. The summed E-state index contributed by atoms with van der Waals surface area (Å²) in [5.74, 6) is -0.0949. The molecule has 0 fully saturated rings. The SMILES string of the molecule is O=C(NCCCNc1ncccn1)c1ccccc1OC(F)F. The number of halogens is 2. The van der Waals surface area contributed by atoms with Crippen LogP contribution in [-0.4, -0.2) is 35.6 Å². The number of nitrogens with one attached hydrogen (secondary N) is 2. The van der Waals surface area contributed by atoms with Crippen molar-refractivity contribution in [3.05, 3.63) is 48.3 Å². The first kappa shape index (κ1) is 16.6. The van der Waals surface area contributed by atoms with E-state index in [1.165, 1.54) is 18.2 Å². The lowest BCUT2D eigenvalue weighted by Gasteiger charge is -2.11. The zero-order chi connectivity index (χ0) is 16.5. The van der Waals surface area contributed by atoms with Gasteiger partial charge in [-0.15, -0.1) is 0 Å². The fourth-order valence-electron chi connectivity index (χ4n) is 1.83. The number of nitrogens with zero attached hydrogens (tertiary/aromatic N) is 2. The predicted molar refractivity (Wildman–Crippen MR) is 80.5 cm³/mol. The molecule has 0 saturated heterocycles. The Hall–Kier alpha value is -2.77. The van der Waals surface area contributed by atoms with Crippen molar-refractivity contribution < 1.29 is 18.3 Å². The third kappa shape index (κ3) is 5.50. The molecular formula is C15H16F2N4O2. The highest BCUT2D eigenvalue weighted by atomic mass is 19.3. The van der Waals surface area contributed by atoms with E-state index in [1.54, 1.807) is 24.5 Å². The van der Waals surface area contributed by atoms with Gasteiger partial charge in [0.2, 0.25) is 5.95 Å². The molecule has 23 heavy (non-hydrogen) atoms. The zero-order valence-corrected chi connectivity index (χ0v) is 12.2. The summed E-state index contributed by atoms with van der Waals surface area (Å²) in [5, 5.41) is 5.65. The number of ether oxygens (including phenoxy) is 1. The minimum atomic E-state index is -2.97. The van der Waals surface area contributed by atoms with Crippen molar-refractivity contribution >= 4 is 11.9 Å². The van der Waals surface area contributed by atoms with Crippen LogP contribution >= 0.6 is 0 Å². The first-order valence-corrected chi connectivity index (χ1v) is 7.00. The van der Waals surface area contributed by atoms with Crippen LogP contribution in [0, 0.1) is 0 Å². The molecule has 0 radical (unpaired) electrons. The average molecular weight is 322 g/mol. The molecular weight excluding hydrogens is 306 g/mol. The van der Waals surface area contributed by atoms with Crippen LogP contribution in [0.25, 0.3) is 0 Å². The number of alkyl halides is 2. The number of anilines is 1. The van der Waals surface area contributed by atoms with Gasteiger partial charge in [-0.1, -0.05) is 12.1 Å². The van der Waals surface area contributed by atoms with Crippen LogP contribution in [0.1, 0.15) is 16.8 Å². The van der Waals surface area contributed by atoms with Crippen LogP contribution in [0.5, 0.6) is 5.75 Å². The van der Waals surface area contributed by atoms with Crippen molar-refractivity contribution in [2.45, 2.75) is 13.0 Å². The number of rotatable bonds is 8. The molecule has 1 aromatic carbocycles. The molecule has 0 spiro atoms. The highest BCUT2D eigenvalue weighted by molar-refractivity contribution is 5.96. The number of hydrogen-bond donors (Lipinski definition) is 2. The van der Waals surface area contributed by atoms with E-state index in [0.717, 1.165) is 0 Å². The summed E-state index contributed by atoms with van der Waals surface area (Å²) in [5.41, 5.74) is 0.0761. The van der Waals surface area contributed by atoms with Crippen molar-refractivity contribution in [2.75, 3.05) is 18.4 Å². The minimum Gasteiger partial charge on any atom is -0.434 e. The molecule has 8 heteroatoms. The van der Waals surface area contributed by atoms with Crippen molar-refractivity contribution in [2.24, 2.45) is 0 Å². The normalized spacial score (nSPS) is 10.4. The van der Waals surface area contributed by atoms with Gasteiger partial charge in [0.15, 0.2) is 0 Å². The molecule has 1 aromatic heterocycles. The number of amides is 1. The number of carbonyl (C=O) groups excluding carboxylic acids is 1. The van der Waals surface area contributed by atoms with Crippen LogP contribution in [-0.2, 0) is 0 Å². The van der Waals surface area contributed by atoms with Gasteiger partial charge in [0.05, 0.1) is 5.56 Å². The molecule has 1 heterocycles. The fraction of sp³-hybridized carbons (Fsp3) is 0.267. The van der Waals surface area contributed by atoms with Crippen LogP contribution in [0.4, 0.5) is 14.7 Å². The number of para-hydroxylation sites is 1. The number of carbonyl (C=O) groups is 1. The largest absolute Gasteiger partial charge is 0.434 e. The molecule has 0 aliphatic carbocycles. The van der Waals surface area contributed by atoms with E-state index in [4.69, 9.17) is 0 Å². The Labute approximate surface area is 131 Å². The quantitative estimate of drug-likeness (QED) is 0.729. The summed E-state index contributed by atoms with van der Waals surface area (Å²) in [7, 11) is 0. The van der Waals surface area contributed by atoms with Crippen molar-refractivity contribution in [1.82, 2.24) is 15.3 Å². The summed E-state index contributed by atoms with van der Waals surface area (Å²) in [6.07, 6.45) is 3.87. The zero-order valence-electron chi connectivity index (χ0n) is 12.2. The van der Waals surface area contributed by atoms with Crippen LogP contribution in [0.3, 0.4) is 0 Å². The molecule has 0 bridgehead atoms. The topological polar surface area (TPSA) is 76.1 Å². The third-order valence-electron chi connectivity index (χ3n) is 2.84. The van der Waals surface area contributed by atoms with Gasteiger partial charge < -0.3 is 15.4 Å². The van der Waals surface area contributed by atoms with Crippen LogP contribution in [0.2, 0.25) is 0 Å². The van der Waals surface area contributed by atoms with E-state index in [9.17, 15) is 13.6 Å². The molecule has 0 atom stereocenters. The molecule has 2 N–H and O–H groups in total. The van der Waals surface area contributed by atoms with Gasteiger partial charge in [-0.25, -0.2) is 9.97 Å². The second kappa shape index (κ2) is 8.62. The number of benzene rings is 1. The molecule has 2 rings (SSSR count). The van der Waals surface area contributed by atoms with Gasteiger partial charge in [-0.2, -0.15) is 8.78 Å². The van der Waals surface area contributed by atoms with E-state index in [0.29, 0.717) is 25.5 Å². The first-order valence-electron chi connectivity index (χ1n) is 7.00. The Morgan fingerprint density at radius 2 is 1.87 bits per heavy atom. The first-order chi connectivity index (χ1) is 11.2. The van der Waals surface area contributed by atoms with E-state index < -0.39 is 12.5 Å². The Bertz CT molecular complexity index is 626. The van der Waals surface area contributed by atoms with Gasteiger partial charge >= 0.3 is 6.61 Å². The van der Waals surface area contributed by atoms with Gasteiger partial charge in [0, 0.05) is 25.5 Å². The minimum absolute atomic E-state index is 0.0761. The standard InChI is InChI=1S/C15H16F2N4O2/c16-14(17)23-12-6-2-1-5-11(12)13(22)18-7-3-8-19-15-20-9-4-10-21-15/h1-2,4-6,9-10,14H,3,7-8H2,(H,18,22)(H,19,20,21). The van der Waals surface area contributed by atoms with E-state index in [2.05, 4.69) is 25.3 Å². The summed E-state index contributed by atoms with van der Waals surface area (Å²) in [6, 6.07) is 7.59. The average Bonchev–Trinajstić information content (AvgIpc) is 2.55. The van der Waals surface area contributed by atoms with Gasteiger partial charge in [-0.3, -0.25) is 4.79 Å². The van der Waals surface area contributed by atoms with E-state index in [-0.39, 0.29) is 11.3 Å². The van der Waals surface area contributed by atoms with Gasteiger partial charge in [-0.05, 0) is 24.6 Å². The molecule has 0 aliphatic heterocycles. The van der Waals surface area contributed by atoms with E-state index >= 15 is 0 Å². The van der Waals surface area contributed by atoms with Gasteiger partial charge in [0.25, 0.3) is 5.91 Å². The second-order valence-electron chi connectivity index (χ2n) is 4.48. The molecule has 2 aromatic rings. The Morgan fingerprint density at radius 3 is 2.61 bits per heavy atom. The highest BCUT2D eigenvalue weighted by Gasteiger charge is 2.14. The monoisotopic (exact) mass is 322 g/mol.